The number of amides is 2. The number of anilines is 2. The SMILES string of the molecule is COc1cc(C(=O)N(C)CC(=O)Nc2ccc(N3CCOCC3)cc2)ccc1C. The molecule has 0 radical (unpaired) electrons. The Labute approximate surface area is 171 Å². The van der Waals surface area contributed by atoms with Crippen molar-refractivity contribution in [1.29, 1.82) is 0 Å². The van der Waals surface area contributed by atoms with Crippen LogP contribution >= 0.6 is 0 Å². The highest BCUT2D eigenvalue weighted by Gasteiger charge is 2.17. The Morgan fingerprint density at radius 1 is 1.14 bits per heavy atom. The minimum Gasteiger partial charge on any atom is -0.496 e. The number of likely N-dealkylation sites (N-methyl/N-ethyl adjacent to an activating group) is 1. The summed E-state index contributed by atoms with van der Waals surface area (Å²) < 4.78 is 10.6. The molecule has 1 fully saturated rings. The number of carbonyl (C=O) groups is 2. The van der Waals surface area contributed by atoms with Crippen LogP contribution in [0.25, 0.3) is 0 Å². The third-order valence-corrected chi connectivity index (χ3v) is 4.91. The van der Waals surface area contributed by atoms with Crippen LogP contribution in [0.15, 0.2) is 42.5 Å². The summed E-state index contributed by atoms with van der Waals surface area (Å²) in [6.45, 7) is 5.05. The first-order chi connectivity index (χ1) is 14.0. The zero-order valence-electron chi connectivity index (χ0n) is 17.1. The van der Waals surface area contributed by atoms with Crippen LogP contribution in [0.5, 0.6) is 5.75 Å². The smallest absolute Gasteiger partial charge is 0.254 e. The van der Waals surface area contributed by atoms with E-state index in [0.29, 0.717) is 17.0 Å². The number of methoxy groups -OCH3 is 1. The number of nitrogens with one attached hydrogen (secondary N) is 1. The van der Waals surface area contributed by atoms with Crippen molar-refractivity contribution >= 4 is 23.2 Å². The van der Waals surface area contributed by atoms with Gasteiger partial charge in [0.05, 0.1) is 26.9 Å². The Morgan fingerprint density at radius 2 is 1.83 bits per heavy atom. The van der Waals surface area contributed by atoms with E-state index in [1.54, 1.807) is 26.3 Å². The molecule has 0 aliphatic carbocycles. The molecule has 0 atom stereocenters. The molecule has 29 heavy (non-hydrogen) atoms. The fraction of sp³-hybridized carbons (Fsp3) is 0.364. The highest BCUT2D eigenvalue weighted by molar-refractivity contribution is 5.99. The third-order valence-electron chi connectivity index (χ3n) is 4.91. The normalized spacial score (nSPS) is 13.7. The van der Waals surface area contributed by atoms with Crippen LogP contribution in [0.4, 0.5) is 11.4 Å². The van der Waals surface area contributed by atoms with Crippen molar-refractivity contribution in [3.05, 3.63) is 53.6 Å². The first-order valence-corrected chi connectivity index (χ1v) is 9.60. The van der Waals surface area contributed by atoms with Gasteiger partial charge in [0.2, 0.25) is 5.91 Å². The van der Waals surface area contributed by atoms with Gasteiger partial charge in [0.25, 0.3) is 5.91 Å². The number of benzene rings is 2. The molecule has 0 saturated carbocycles. The maximum absolute atomic E-state index is 12.6. The van der Waals surface area contributed by atoms with Gasteiger partial charge in [0.15, 0.2) is 0 Å². The molecule has 1 aliphatic heterocycles. The number of hydrogen-bond donors (Lipinski definition) is 1. The number of ether oxygens (including phenoxy) is 2. The monoisotopic (exact) mass is 397 g/mol. The minimum absolute atomic E-state index is 0.0414. The van der Waals surface area contributed by atoms with Crippen molar-refractivity contribution in [3.63, 3.8) is 0 Å². The van der Waals surface area contributed by atoms with Crippen LogP contribution in [0.2, 0.25) is 0 Å². The van der Waals surface area contributed by atoms with Crippen LogP contribution < -0.4 is 15.0 Å². The number of carbonyl (C=O) groups excluding carboxylic acids is 2. The molecule has 2 amide bonds. The molecule has 7 nitrogen and oxygen atoms in total. The topological polar surface area (TPSA) is 71.1 Å². The zero-order chi connectivity index (χ0) is 20.8. The Morgan fingerprint density at radius 3 is 2.48 bits per heavy atom. The summed E-state index contributed by atoms with van der Waals surface area (Å²) in [6.07, 6.45) is 0. The van der Waals surface area contributed by atoms with E-state index >= 15 is 0 Å². The van der Waals surface area contributed by atoms with Gasteiger partial charge in [-0.25, -0.2) is 0 Å². The number of aryl methyl sites for hydroxylation is 1. The lowest BCUT2D eigenvalue weighted by Crippen LogP contribution is -2.36. The lowest BCUT2D eigenvalue weighted by molar-refractivity contribution is -0.116. The molecule has 0 spiro atoms. The first kappa shape index (κ1) is 20.7. The molecule has 3 rings (SSSR count). The average molecular weight is 397 g/mol. The van der Waals surface area contributed by atoms with Crippen molar-refractivity contribution < 1.29 is 19.1 Å². The highest BCUT2D eigenvalue weighted by atomic mass is 16.5. The number of nitrogens with zero attached hydrogens (tertiary/aromatic N) is 2. The van der Waals surface area contributed by atoms with Gasteiger partial charge in [-0.1, -0.05) is 6.07 Å². The minimum atomic E-state index is -0.251. The van der Waals surface area contributed by atoms with Crippen LogP contribution in [-0.4, -0.2) is 63.7 Å². The molecule has 1 heterocycles. The molecule has 0 unspecified atom stereocenters. The Kier molecular flexibility index (Phi) is 6.72. The van der Waals surface area contributed by atoms with E-state index in [9.17, 15) is 9.59 Å². The molecule has 1 N–H and O–H groups in total. The van der Waals surface area contributed by atoms with Crippen LogP contribution in [0.3, 0.4) is 0 Å². The fourth-order valence-electron chi connectivity index (χ4n) is 3.24. The standard InChI is InChI=1S/C22H27N3O4/c1-16-4-5-17(14-20(16)28-3)22(27)24(2)15-21(26)23-18-6-8-19(9-7-18)25-10-12-29-13-11-25/h4-9,14H,10-13,15H2,1-3H3,(H,23,26). The van der Waals surface area contributed by atoms with E-state index in [1.165, 1.54) is 4.90 Å². The number of hydrogen-bond acceptors (Lipinski definition) is 5. The summed E-state index contributed by atoms with van der Waals surface area (Å²) in [5.74, 6) is 0.161. The highest BCUT2D eigenvalue weighted by Crippen LogP contribution is 2.21. The molecular formula is C22H27N3O4. The molecular weight excluding hydrogens is 370 g/mol. The van der Waals surface area contributed by atoms with E-state index in [4.69, 9.17) is 9.47 Å². The predicted molar refractivity (Wildman–Crippen MR) is 113 cm³/mol. The summed E-state index contributed by atoms with van der Waals surface area (Å²) in [6, 6.07) is 13.0. The van der Waals surface area contributed by atoms with Gasteiger partial charge in [-0.3, -0.25) is 9.59 Å². The second-order valence-corrected chi connectivity index (χ2v) is 7.04. The first-order valence-electron chi connectivity index (χ1n) is 9.60. The lowest BCUT2D eigenvalue weighted by atomic mass is 10.1. The number of morpholine rings is 1. The largest absolute Gasteiger partial charge is 0.496 e. The summed E-state index contributed by atoms with van der Waals surface area (Å²) in [4.78, 5) is 28.6. The van der Waals surface area contributed by atoms with Crippen molar-refractivity contribution in [1.82, 2.24) is 4.90 Å². The molecule has 1 aliphatic rings. The zero-order valence-corrected chi connectivity index (χ0v) is 17.1. The maximum Gasteiger partial charge on any atom is 0.254 e. The van der Waals surface area contributed by atoms with E-state index in [1.807, 2.05) is 37.3 Å². The van der Waals surface area contributed by atoms with E-state index in [2.05, 4.69) is 10.2 Å². The second kappa shape index (κ2) is 9.43. The maximum atomic E-state index is 12.6. The molecule has 2 aromatic carbocycles. The summed E-state index contributed by atoms with van der Waals surface area (Å²) in [5, 5.41) is 2.84. The summed E-state index contributed by atoms with van der Waals surface area (Å²) in [5.41, 5.74) is 3.24. The van der Waals surface area contributed by atoms with Gasteiger partial charge < -0.3 is 24.6 Å². The molecule has 0 bridgehead atoms. The summed E-state index contributed by atoms with van der Waals surface area (Å²) >= 11 is 0. The van der Waals surface area contributed by atoms with Crippen LogP contribution in [0.1, 0.15) is 15.9 Å². The summed E-state index contributed by atoms with van der Waals surface area (Å²) in [7, 11) is 3.17. The van der Waals surface area contributed by atoms with Crippen molar-refractivity contribution in [2.45, 2.75) is 6.92 Å². The van der Waals surface area contributed by atoms with E-state index in [-0.39, 0.29) is 18.4 Å². The Hall–Kier alpha value is -3.06. The molecule has 7 heteroatoms. The molecule has 2 aromatic rings. The number of rotatable bonds is 6. The molecule has 1 saturated heterocycles. The molecule has 0 aromatic heterocycles. The lowest BCUT2D eigenvalue weighted by Gasteiger charge is -2.28. The fourth-order valence-corrected chi connectivity index (χ4v) is 3.24. The Balaban J connectivity index is 1.56. The van der Waals surface area contributed by atoms with Gasteiger partial charge >= 0.3 is 0 Å². The van der Waals surface area contributed by atoms with Gasteiger partial charge in [-0.05, 0) is 48.9 Å². The van der Waals surface area contributed by atoms with Crippen molar-refractivity contribution in [2.24, 2.45) is 0 Å². The van der Waals surface area contributed by atoms with E-state index < -0.39 is 0 Å². The predicted octanol–water partition coefficient (Wildman–Crippen LogP) is 2.55. The van der Waals surface area contributed by atoms with Gasteiger partial charge in [-0.15, -0.1) is 0 Å². The van der Waals surface area contributed by atoms with Crippen LogP contribution in [0, 0.1) is 6.92 Å². The quantitative estimate of drug-likeness (QED) is 0.811. The van der Waals surface area contributed by atoms with Crippen LogP contribution in [-0.2, 0) is 9.53 Å². The molecule has 154 valence electrons. The third kappa shape index (κ3) is 5.26. The average Bonchev–Trinajstić information content (AvgIpc) is 2.74. The van der Waals surface area contributed by atoms with Crippen molar-refractivity contribution in [2.75, 3.05) is 57.2 Å². The Bertz CT molecular complexity index is 861. The van der Waals surface area contributed by atoms with E-state index in [0.717, 1.165) is 37.6 Å². The van der Waals surface area contributed by atoms with Crippen molar-refractivity contribution in [3.8, 4) is 5.75 Å². The van der Waals surface area contributed by atoms with Gasteiger partial charge in [0.1, 0.15) is 5.75 Å². The second-order valence-electron chi connectivity index (χ2n) is 7.04. The van der Waals surface area contributed by atoms with Gasteiger partial charge in [0, 0.05) is 37.1 Å². The van der Waals surface area contributed by atoms with Gasteiger partial charge in [-0.2, -0.15) is 0 Å².